The van der Waals surface area contributed by atoms with Gasteiger partial charge in [-0.05, 0) is 62.1 Å². The predicted molar refractivity (Wildman–Crippen MR) is 120 cm³/mol. The van der Waals surface area contributed by atoms with Crippen LogP contribution in [0.5, 0.6) is 5.75 Å². The Kier molecular flexibility index (Phi) is 7.27. The first-order valence-corrected chi connectivity index (χ1v) is 13.0. The van der Waals surface area contributed by atoms with E-state index >= 15 is 0 Å². The van der Waals surface area contributed by atoms with Crippen molar-refractivity contribution in [2.24, 2.45) is 0 Å². The number of amides is 1. The van der Waals surface area contributed by atoms with Gasteiger partial charge in [0.15, 0.2) is 0 Å². The summed E-state index contributed by atoms with van der Waals surface area (Å²) in [5.41, 5.74) is 0.673. The average Bonchev–Trinajstić information content (AvgIpc) is 3.46. The molecule has 168 valence electrons. The minimum atomic E-state index is -3.46. The van der Waals surface area contributed by atoms with Gasteiger partial charge in [0, 0.05) is 30.3 Å². The van der Waals surface area contributed by atoms with Crippen LogP contribution in [0.25, 0.3) is 0 Å². The second-order valence-corrected chi connectivity index (χ2v) is 11.2. The second kappa shape index (κ2) is 10.1. The molecule has 2 saturated heterocycles. The summed E-state index contributed by atoms with van der Waals surface area (Å²) in [5.74, 6) is 0.552. The average molecular weight is 465 g/mol. The molecule has 1 aromatic carbocycles. The third-order valence-electron chi connectivity index (χ3n) is 5.48. The topological polar surface area (TPSA) is 84.9 Å². The zero-order valence-electron chi connectivity index (χ0n) is 17.4. The smallest absolute Gasteiger partial charge is 0.252 e. The number of rotatable bonds is 8. The predicted octanol–water partition coefficient (Wildman–Crippen LogP) is 3.66. The Morgan fingerprint density at radius 1 is 1.10 bits per heavy atom. The van der Waals surface area contributed by atoms with E-state index in [-0.39, 0.29) is 18.4 Å². The first-order chi connectivity index (χ1) is 15.0. The largest absolute Gasteiger partial charge is 0.491 e. The molecule has 7 nitrogen and oxygen atoms in total. The number of carbonyl (C=O) groups excluding carboxylic acids is 1. The summed E-state index contributed by atoms with van der Waals surface area (Å²) in [6, 6.07) is 10.6. The quantitative estimate of drug-likeness (QED) is 0.644. The molecule has 0 aliphatic carbocycles. The fourth-order valence-electron chi connectivity index (χ4n) is 3.79. The molecule has 1 aromatic heterocycles. The van der Waals surface area contributed by atoms with Crippen molar-refractivity contribution in [3.8, 4) is 5.75 Å². The van der Waals surface area contributed by atoms with Gasteiger partial charge in [-0.2, -0.15) is 4.31 Å². The first-order valence-electron chi connectivity index (χ1n) is 10.7. The number of nitrogens with one attached hydrogen (secondary N) is 1. The van der Waals surface area contributed by atoms with Gasteiger partial charge in [0.2, 0.25) is 5.91 Å². The lowest BCUT2D eigenvalue weighted by atomic mass is 10.2. The fourth-order valence-corrected chi connectivity index (χ4v) is 6.81. The van der Waals surface area contributed by atoms with E-state index < -0.39 is 10.0 Å². The summed E-state index contributed by atoms with van der Waals surface area (Å²) in [6.45, 7) is 2.48. The van der Waals surface area contributed by atoms with E-state index in [2.05, 4.69) is 5.32 Å². The van der Waals surface area contributed by atoms with Crippen LogP contribution < -0.4 is 10.1 Å². The maximum atomic E-state index is 12.8. The Morgan fingerprint density at radius 3 is 2.58 bits per heavy atom. The highest BCUT2D eigenvalue weighted by atomic mass is 32.2. The summed E-state index contributed by atoms with van der Waals surface area (Å²) in [5, 5.41) is 2.85. The molecule has 0 bridgehead atoms. The number of ether oxygens (including phenoxy) is 2. The molecule has 4 rings (SSSR count). The van der Waals surface area contributed by atoms with Gasteiger partial charge in [0.25, 0.3) is 10.0 Å². The minimum Gasteiger partial charge on any atom is -0.491 e. The van der Waals surface area contributed by atoms with E-state index in [9.17, 15) is 13.2 Å². The SMILES string of the molecule is O=C(Cc1ccc(S(=O)(=O)N2CCCCC2)s1)Nc1ccc(OCC2CCCO2)cc1. The Labute approximate surface area is 187 Å². The molecule has 2 fully saturated rings. The molecule has 1 amide bonds. The zero-order chi connectivity index (χ0) is 21.7. The molecule has 2 aliphatic heterocycles. The fraction of sp³-hybridized carbons (Fsp3) is 0.500. The minimum absolute atomic E-state index is 0.136. The molecule has 0 radical (unpaired) electrons. The lowest BCUT2D eigenvalue weighted by Crippen LogP contribution is -2.35. The molecule has 2 aromatic rings. The van der Waals surface area contributed by atoms with Crippen LogP contribution in [0.15, 0.2) is 40.6 Å². The highest BCUT2D eigenvalue weighted by molar-refractivity contribution is 7.91. The van der Waals surface area contributed by atoms with Gasteiger partial charge in [0.05, 0.1) is 12.5 Å². The number of hydrogen-bond donors (Lipinski definition) is 1. The van der Waals surface area contributed by atoms with Crippen LogP contribution in [-0.2, 0) is 26.0 Å². The van der Waals surface area contributed by atoms with Crippen molar-refractivity contribution < 1.29 is 22.7 Å². The van der Waals surface area contributed by atoms with Crippen LogP contribution in [0.1, 0.15) is 37.0 Å². The molecule has 1 N–H and O–H groups in total. The van der Waals surface area contributed by atoms with Crippen molar-refractivity contribution in [2.45, 2.75) is 48.8 Å². The van der Waals surface area contributed by atoms with Crippen molar-refractivity contribution in [1.82, 2.24) is 4.31 Å². The van der Waals surface area contributed by atoms with Gasteiger partial charge in [-0.25, -0.2) is 8.42 Å². The summed E-state index contributed by atoms with van der Waals surface area (Å²) >= 11 is 1.17. The zero-order valence-corrected chi connectivity index (χ0v) is 19.1. The molecule has 2 aliphatic rings. The molecule has 0 saturated carbocycles. The molecular weight excluding hydrogens is 436 g/mol. The Morgan fingerprint density at radius 2 is 1.87 bits per heavy atom. The van der Waals surface area contributed by atoms with E-state index in [1.54, 1.807) is 28.6 Å². The molecule has 31 heavy (non-hydrogen) atoms. The van der Waals surface area contributed by atoms with E-state index in [1.165, 1.54) is 11.3 Å². The van der Waals surface area contributed by atoms with E-state index in [0.29, 0.717) is 29.6 Å². The van der Waals surface area contributed by atoms with Gasteiger partial charge in [-0.3, -0.25) is 4.79 Å². The van der Waals surface area contributed by atoms with Crippen LogP contribution >= 0.6 is 11.3 Å². The number of anilines is 1. The van der Waals surface area contributed by atoms with Crippen molar-refractivity contribution >= 4 is 33.0 Å². The maximum absolute atomic E-state index is 12.8. The maximum Gasteiger partial charge on any atom is 0.252 e. The van der Waals surface area contributed by atoms with Crippen LogP contribution in [0, 0.1) is 0 Å². The van der Waals surface area contributed by atoms with Crippen molar-refractivity contribution in [3.63, 3.8) is 0 Å². The highest BCUT2D eigenvalue weighted by Crippen LogP contribution is 2.27. The Balaban J connectivity index is 1.28. The molecule has 1 atom stereocenters. The summed E-state index contributed by atoms with van der Waals surface area (Å²) in [7, 11) is -3.46. The number of benzene rings is 1. The van der Waals surface area contributed by atoms with Crippen molar-refractivity contribution in [2.75, 3.05) is 31.6 Å². The number of hydrogen-bond acceptors (Lipinski definition) is 6. The first kappa shape index (κ1) is 22.3. The lowest BCUT2D eigenvalue weighted by Gasteiger charge is -2.25. The number of sulfonamides is 1. The lowest BCUT2D eigenvalue weighted by molar-refractivity contribution is -0.115. The van der Waals surface area contributed by atoms with Gasteiger partial charge < -0.3 is 14.8 Å². The molecule has 3 heterocycles. The van der Waals surface area contributed by atoms with Gasteiger partial charge in [0.1, 0.15) is 16.6 Å². The van der Waals surface area contributed by atoms with Crippen molar-refractivity contribution in [1.29, 1.82) is 0 Å². The molecular formula is C22H28N2O5S2. The van der Waals surface area contributed by atoms with Crippen LogP contribution in [0.4, 0.5) is 5.69 Å². The molecule has 9 heteroatoms. The summed E-state index contributed by atoms with van der Waals surface area (Å²) in [4.78, 5) is 13.1. The third kappa shape index (κ3) is 5.85. The van der Waals surface area contributed by atoms with Gasteiger partial charge in [-0.1, -0.05) is 6.42 Å². The third-order valence-corrected chi connectivity index (χ3v) is 8.93. The molecule has 0 spiro atoms. The Bertz CT molecular complexity index is 976. The summed E-state index contributed by atoms with van der Waals surface area (Å²) < 4.78 is 38.7. The normalized spacial score (nSPS) is 19.9. The van der Waals surface area contributed by atoms with Crippen molar-refractivity contribution in [3.05, 3.63) is 41.3 Å². The standard InChI is InChI=1S/C22H28N2O5S2/c25-21(23-17-6-8-18(9-7-17)29-16-19-5-4-14-28-19)15-20-10-11-22(30-20)31(26,27)24-12-2-1-3-13-24/h6-11,19H,1-5,12-16H2,(H,23,25). The number of nitrogens with zero attached hydrogens (tertiary/aromatic N) is 1. The number of piperidine rings is 1. The van der Waals surface area contributed by atoms with Crippen LogP contribution in [0.3, 0.4) is 0 Å². The van der Waals surface area contributed by atoms with Crippen LogP contribution in [-0.4, -0.2) is 51.0 Å². The number of carbonyl (C=O) groups is 1. The highest BCUT2D eigenvalue weighted by Gasteiger charge is 2.27. The van der Waals surface area contributed by atoms with Gasteiger partial charge >= 0.3 is 0 Å². The molecule has 1 unspecified atom stereocenters. The van der Waals surface area contributed by atoms with E-state index in [1.807, 2.05) is 12.1 Å². The van der Waals surface area contributed by atoms with E-state index in [0.717, 1.165) is 49.3 Å². The van der Waals surface area contributed by atoms with E-state index in [4.69, 9.17) is 9.47 Å². The summed E-state index contributed by atoms with van der Waals surface area (Å²) in [6.07, 6.45) is 5.28. The second-order valence-electron chi connectivity index (χ2n) is 7.88. The Hall–Kier alpha value is -1.94. The number of thiophene rings is 1. The van der Waals surface area contributed by atoms with Crippen LogP contribution in [0.2, 0.25) is 0 Å². The monoisotopic (exact) mass is 464 g/mol. The van der Waals surface area contributed by atoms with Gasteiger partial charge in [-0.15, -0.1) is 11.3 Å².